The highest BCUT2D eigenvalue weighted by atomic mass is 35.5. The average Bonchev–Trinajstić information content (AvgIpc) is 3.21. The van der Waals surface area contributed by atoms with Crippen LogP contribution in [0, 0.1) is 11.8 Å². The van der Waals surface area contributed by atoms with E-state index in [4.69, 9.17) is 21.1 Å². The van der Waals surface area contributed by atoms with Crippen LogP contribution in [0.5, 0.6) is 5.75 Å². The second-order valence-corrected chi connectivity index (χ2v) is 19.4. The molecule has 1 amide bonds. The minimum atomic E-state index is -3.79. The van der Waals surface area contributed by atoms with E-state index in [1.54, 1.807) is 19.9 Å². The number of nitrogens with one attached hydrogen (secondary N) is 1. The zero-order chi connectivity index (χ0) is 34.1. The normalized spacial score (nSPS) is 25.9. The van der Waals surface area contributed by atoms with Gasteiger partial charge in [-0.05, 0) is 124 Å². The molecule has 1 saturated heterocycles. The van der Waals surface area contributed by atoms with Crippen LogP contribution in [0.3, 0.4) is 0 Å². The van der Waals surface area contributed by atoms with Gasteiger partial charge in [0.25, 0.3) is 5.91 Å². The fourth-order valence-electron chi connectivity index (χ4n) is 7.97. The molecule has 6 rings (SSSR count). The van der Waals surface area contributed by atoms with Crippen molar-refractivity contribution in [2.75, 3.05) is 43.2 Å². The molecule has 2 aromatic carbocycles. The molecule has 4 atom stereocenters. The van der Waals surface area contributed by atoms with Crippen molar-refractivity contribution >= 4 is 56.7 Å². The zero-order valence-corrected chi connectivity index (χ0v) is 31.7. The Bertz CT molecular complexity index is 1630. The first-order valence-corrected chi connectivity index (χ1v) is 21.4. The van der Waals surface area contributed by atoms with Crippen LogP contribution in [-0.4, -0.2) is 68.1 Å². The van der Waals surface area contributed by atoms with E-state index in [-0.39, 0.29) is 11.0 Å². The third-order valence-corrected chi connectivity index (χ3v) is 15.9. The summed E-state index contributed by atoms with van der Waals surface area (Å²) >= 11 is 10.5. The van der Waals surface area contributed by atoms with Crippen molar-refractivity contribution in [3.8, 4) is 5.75 Å². The summed E-state index contributed by atoms with van der Waals surface area (Å²) in [4.78, 5) is 15.8. The van der Waals surface area contributed by atoms with Crippen LogP contribution in [0.1, 0.15) is 80.8 Å². The lowest BCUT2D eigenvalue weighted by Gasteiger charge is -2.53. The SMILES string of the molecule is CC/C=C/[C@@](OC)(C1SCCCS1)[C@@H]1CC[C@H]1CN1C[C@@]2(CCCc3cc(Cl)ccc32)COc2ccc(C(=O)NS(=O)(=O)C(C)C)cc21. The van der Waals surface area contributed by atoms with Crippen LogP contribution in [0.15, 0.2) is 48.6 Å². The Balaban J connectivity index is 1.38. The molecule has 1 N–H and O–H groups in total. The van der Waals surface area contributed by atoms with Gasteiger partial charge in [-0.2, -0.15) is 0 Å². The molecule has 2 aromatic rings. The van der Waals surface area contributed by atoms with Crippen molar-refractivity contribution in [3.63, 3.8) is 0 Å². The Morgan fingerprint density at radius 2 is 1.98 bits per heavy atom. The molecule has 2 aliphatic carbocycles. The maximum absolute atomic E-state index is 13.3. The van der Waals surface area contributed by atoms with Gasteiger partial charge in [-0.1, -0.05) is 36.7 Å². The minimum Gasteiger partial charge on any atom is -0.490 e. The van der Waals surface area contributed by atoms with Crippen molar-refractivity contribution in [2.24, 2.45) is 11.8 Å². The fourth-order valence-corrected chi connectivity index (χ4v) is 12.2. The van der Waals surface area contributed by atoms with Gasteiger partial charge in [-0.25, -0.2) is 13.1 Å². The molecule has 262 valence electrons. The number of amides is 1. The van der Waals surface area contributed by atoms with Gasteiger partial charge in [0.1, 0.15) is 11.4 Å². The number of sulfonamides is 1. The third-order valence-electron chi connectivity index (χ3n) is 10.8. The van der Waals surface area contributed by atoms with E-state index in [1.165, 1.54) is 17.5 Å². The highest BCUT2D eigenvalue weighted by molar-refractivity contribution is 8.17. The maximum atomic E-state index is 13.3. The van der Waals surface area contributed by atoms with Gasteiger partial charge >= 0.3 is 0 Å². The molecule has 0 aromatic heterocycles. The number of thioether (sulfide) groups is 2. The van der Waals surface area contributed by atoms with Crippen molar-refractivity contribution in [1.29, 1.82) is 0 Å². The molecule has 48 heavy (non-hydrogen) atoms. The number of carbonyl (C=O) groups is 1. The Morgan fingerprint density at radius 1 is 1.19 bits per heavy atom. The summed E-state index contributed by atoms with van der Waals surface area (Å²) in [6, 6.07) is 11.6. The molecule has 2 heterocycles. The topological polar surface area (TPSA) is 84.9 Å². The van der Waals surface area contributed by atoms with E-state index in [0.717, 1.165) is 79.6 Å². The molecular formula is C37H49ClN2O5S3. The second kappa shape index (κ2) is 14.8. The Hall–Kier alpha value is -1.85. The van der Waals surface area contributed by atoms with Gasteiger partial charge < -0.3 is 14.4 Å². The summed E-state index contributed by atoms with van der Waals surface area (Å²) < 4.78 is 41.1. The molecule has 1 spiro atoms. The Kier molecular flexibility index (Phi) is 11.1. The van der Waals surface area contributed by atoms with E-state index >= 15 is 0 Å². The number of halogens is 1. The summed E-state index contributed by atoms with van der Waals surface area (Å²) in [5.41, 5.74) is 3.08. The van der Waals surface area contributed by atoms with Gasteiger partial charge in [-0.3, -0.25) is 4.79 Å². The molecule has 2 fully saturated rings. The molecule has 2 aliphatic heterocycles. The molecule has 0 radical (unpaired) electrons. The van der Waals surface area contributed by atoms with E-state index in [2.05, 4.69) is 40.8 Å². The van der Waals surface area contributed by atoms with Crippen molar-refractivity contribution < 1.29 is 22.7 Å². The Labute approximate surface area is 300 Å². The highest BCUT2D eigenvalue weighted by Gasteiger charge is 2.53. The van der Waals surface area contributed by atoms with Crippen molar-refractivity contribution in [1.82, 2.24) is 4.72 Å². The van der Waals surface area contributed by atoms with Gasteiger partial charge in [0.15, 0.2) is 0 Å². The third kappa shape index (κ3) is 7.03. The van der Waals surface area contributed by atoms with E-state index in [9.17, 15) is 13.2 Å². The van der Waals surface area contributed by atoms with Crippen LogP contribution in [0.25, 0.3) is 0 Å². The first kappa shape index (κ1) is 36.0. The minimum absolute atomic E-state index is 0.255. The molecule has 4 aliphatic rings. The monoisotopic (exact) mass is 732 g/mol. The number of aryl methyl sites for hydroxylation is 1. The number of hydrogen-bond acceptors (Lipinski definition) is 8. The lowest BCUT2D eigenvalue weighted by molar-refractivity contribution is -0.0638. The summed E-state index contributed by atoms with van der Waals surface area (Å²) in [7, 11) is -1.90. The van der Waals surface area contributed by atoms with Crippen molar-refractivity contribution in [3.05, 3.63) is 70.3 Å². The molecule has 11 heteroatoms. The van der Waals surface area contributed by atoms with E-state index in [0.29, 0.717) is 28.6 Å². The van der Waals surface area contributed by atoms with Crippen molar-refractivity contribution in [2.45, 2.75) is 86.6 Å². The molecule has 0 unspecified atom stereocenters. The summed E-state index contributed by atoms with van der Waals surface area (Å²) in [5.74, 6) is 3.11. The number of ether oxygens (including phenoxy) is 2. The summed E-state index contributed by atoms with van der Waals surface area (Å²) in [5, 5.41) is 0.0278. The van der Waals surface area contributed by atoms with Crippen LogP contribution in [0.2, 0.25) is 5.02 Å². The second-order valence-electron chi connectivity index (χ2n) is 14.1. The number of fused-ring (bicyclic) bond motifs is 3. The van der Waals surface area contributed by atoms with Crippen LogP contribution in [0.4, 0.5) is 5.69 Å². The number of anilines is 1. The number of carbonyl (C=O) groups excluding carboxylic acids is 1. The number of methoxy groups -OCH3 is 1. The largest absolute Gasteiger partial charge is 0.490 e. The number of benzene rings is 2. The fraction of sp³-hybridized carbons (Fsp3) is 0.595. The zero-order valence-electron chi connectivity index (χ0n) is 28.5. The van der Waals surface area contributed by atoms with Crippen LogP contribution < -0.4 is 14.4 Å². The van der Waals surface area contributed by atoms with E-state index in [1.807, 2.05) is 48.8 Å². The van der Waals surface area contributed by atoms with Gasteiger partial charge in [0.2, 0.25) is 10.0 Å². The first-order chi connectivity index (χ1) is 23.0. The Morgan fingerprint density at radius 3 is 2.67 bits per heavy atom. The molecule has 1 saturated carbocycles. The number of allylic oxidation sites excluding steroid dienone is 1. The van der Waals surface area contributed by atoms with Crippen LogP contribution in [-0.2, 0) is 26.6 Å². The highest BCUT2D eigenvalue weighted by Crippen LogP contribution is 2.54. The first-order valence-electron chi connectivity index (χ1n) is 17.3. The molecule has 0 bridgehead atoms. The molecule has 7 nitrogen and oxygen atoms in total. The number of rotatable bonds is 10. The van der Waals surface area contributed by atoms with Gasteiger partial charge in [0, 0.05) is 36.2 Å². The van der Waals surface area contributed by atoms with E-state index < -0.39 is 21.2 Å². The smallest absolute Gasteiger partial charge is 0.264 e. The number of nitrogens with zero attached hydrogens (tertiary/aromatic N) is 1. The molecular weight excluding hydrogens is 684 g/mol. The predicted octanol–water partition coefficient (Wildman–Crippen LogP) is 7.85. The van der Waals surface area contributed by atoms with Crippen LogP contribution >= 0.6 is 35.1 Å². The number of hydrogen-bond donors (Lipinski definition) is 1. The lowest BCUT2D eigenvalue weighted by atomic mass is 9.64. The summed E-state index contributed by atoms with van der Waals surface area (Å²) in [6.07, 6.45) is 12.0. The average molecular weight is 733 g/mol. The lowest BCUT2D eigenvalue weighted by Crippen LogP contribution is -2.56. The standard InChI is InChI=1S/C37H49ClN2O5S3/c1-5-6-17-37(44-4,35-46-18-8-19-47-35)31-13-10-28(31)22-40-23-36(16-7-9-26-20-29(38)12-14-30(26)36)24-45-33-15-11-27(21-32(33)40)34(41)39-48(42,43)25(2)3/h6,11-12,14-15,17,20-21,25,28,31,35H,5,7-10,13,16,18-19,22-24H2,1-4H3,(H,39,41)/b17-6+/t28-,31+,36-,37-/m0/s1. The maximum Gasteiger partial charge on any atom is 0.264 e. The van der Waals surface area contributed by atoms with Gasteiger partial charge in [0.05, 0.1) is 22.1 Å². The summed E-state index contributed by atoms with van der Waals surface area (Å²) in [6.45, 7) is 7.33. The predicted molar refractivity (Wildman–Crippen MR) is 200 cm³/mol. The van der Waals surface area contributed by atoms with Gasteiger partial charge in [-0.15, -0.1) is 23.5 Å². The quantitative estimate of drug-likeness (QED) is 0.247.